The number of benzene rings is 1. The second-order valence-electron chi connectivity index (χ2n) is 4.84. The maximum atomic E-state index is 11.8. The van der Waals surface area contributed by atoms with Gasteiger partial charge in [-0.15, -0.1) is 0 Å². The number of Topliss-reactive ketones (excluding diaryl/α,β-unsaturated/α-hetero) is 2. The molecule has 0 amide bonds. The van der Waals surface area contributed by atoms with Gasteiger partial charge in [0.1, 0.15) is 11.6 Å². The summed E-state index contributed by atoms with van der Waals surface area (Å²) in [4.78, 5) is 23.1. The summed E-state index contributed by atoms with van der Waals surface area (Å²) < 4.78 is 0. The van der Waals surface area contributed by atoms with Crippen LogP contribution in [-0.4, -0.2) is 11.6 Å². The second-order valence-corrected chi connectivity index (χ2v) is 4.84. The Morgan fingerprint density at radius 1 is 1.06 bits per heavy atom. The molecule has 17 heavy (non-hydrogen) atoms. The monoisotopic (exact) mass is 232 g/mol. The first kappa shape index (κ1) is 13.6. The Labute approximate surface area is 103 Å². The van der Waals surface area contributed by atoms with E-state index in [0.717, 1.165) is 5.56 Å². The predicted molar refractivity (Wildman–Crippen MR) is 68.9 cm³/mol. The van der Waals surface area contributed by atoms with Gasteiger partial charge in [-0.2, -0.15) is 0 Å². The fraction of sp³-hybridized carbons (Fsp3) is 0.467. The van der Waals surface area contributed by atoms with E-state index in [0.29, 0.717) is 12.8 Å². The highest BCUT2D eigenvalue weighted by molar-refractivity contribution is 5.83. The van der Waals surface area contributed by atoms with Gasteiger partial charge in [0.25, 0.3) is 0 Å². The summed E-state index contributed by atoms with van der Waals surface area (Å²) in [5, 5.41) is 0. The number of carbonyl (C=O) groups excluding carboxylic acids is 2. The maximum absolute atomic E-state index is 11.8. The van der Waals surface area contributed by atoms with E-state index >= 15 is 0 Å². The van der Waals surface area contributed by atoms with Crippen LogP contribution in [0.4, 0.5) is 0 Å². The Balaban J connectivity index is 2.81. The van der Waals surface area contributed by atoms with Crippen molar-refractivity contribution < 1.29 is 9.59 Å². The highest BCUT2D eigenvalue weighted by Crippen LogP contribution is 2.25. The average Bonchev–Trinajstić information content (AvgIpc) is 2.28. The van der Waals surface area contributed by atoms with Crippen molar-refractivity contribution in [3.05, 3.63) is 35.9 Å². The summed E-state index contributed by atoms with van der Waals surface area (Å²) in [7, 11) is 0. The van der Waals surface area contributed by atoms with Crippen LogP contribution >= 0.6 is 0 Å². The molecular weight excluding hydrogens is 212 g/mol. The molecule has 0 aliphatic rings. The van der Waals surface area contributed by atoms with Crippen LogP contribution in [0.5, 0.6) is 0 Å². The molecule has 2 nitrogen and oxygen atoms in total. The SMILES string of the molecule is CC(=O)CC(CC(=O)C(C)C)c1ccccc1. The predicted octanol–water partition coefficient (Wildman–Crippen LogP) is 3.36. The van der Waals surface area contributed by atoms with Gasteiger partial charge in [0.15, 0.2) is 0 Å². The van der Waals surface area contributed by atoms with Crippen molar-refractivity contribution in [2.24, 2.45) is 5.92 Å². The van der Waals surface area contributed by atoms with E-state index in [-0.39, 0.29) is 23.4 Å². The molecule has 0 spiro atoms. The van der Waals surface area contributed by atoms with Crippen LogP contribution in [0.1, 0.15) is 45.1 Å². The van der Waals surface area contributed by atoms with Crippen molar-refractivity contribution in [3.63, 3.8) is 0 Å². The topological polar surface area (TPSA) is 34.1 Å². The number of rotatable bonds is 6. The summed E-state index contributed by atoms with van der Waals surface area (Å²) in [6, 6.07) is 9.81. The van der Waals surface area contributed by atoms with Crippen LogP contribution < -0.4 is 0 Å². The molecule has 0 aromatic heterocycles. The number of ketones is 2. The largest absolute Gasteiger partial charge is 0.300 e. The minimum Gasteiger partial charge on any atom is -0.300 e. The van der Waals surface area contributed by atoms with E-state index in [1.165, 1.54) is 0 Å². The molecule has 1 aromatic rings. The third-order valence-electron chi connectivity index (χ3n) is 2.90. The molecule has 0 saturated carbocycles. The Kier molecular flexibility index (Phi) is 5.08. The average molecular weight is 232 g/mol. The second kappa shape index (κ2) is 6.33. The van der Waals surface area contributed by atoms with E-state index in [1.54, 1.807) is 6.92 Å². The lowest BCUT2D eigenvalue weighted by atomic mass is 9.87. The summed E-state index contributed by atoms with van der Waals surface area (Å²) in [6.07, 6.45) is 0.906. The zero-order chi connectivity index (χ0) is 12.8. The molecule has 0 aliphatic carbocycles. The standard InChI is InChI=1S/C15H20O2/c1-11(2)15(17)10-14(9-12(3)16)13-7-5-4-6-8-13/h4-8,11,14H,9-10H2,1-3H3. The van der Waals surface area contributed by atoms with Crippen LogP contribution in [-0.2, 0) is 9.59 Å². The molecule has 1 aromatic carbocycles. The van der Waals surface area contributed by atoms with Gasteiger partial charge in [0, 0.05) is 18.8 Å². The molecule has 1 atom stereocenters. The molecule has 0 bridgehead atoms. The van der Waals surface area contributed by atoms with Gasteiger partial charge in [-0.05, 0) is 18.4 Å². The summed E-state index contributed by atoms with van der Waals surface area (Å²) >= 11 is 0. The number of hydrogen-bond donors (Lipinski definition) is 0. The molecule has 0 saturated heterocycles. The maximum Gasteiger partial charge on any atom is 0.136 e. The molecule has 1 rings (SSSR count). The van der Waals surface area contributed by atoms with Crippen LogP contribution in [0, 0.1) is 5.92 Å². The lowest BCUT2D eigenvalue weighted by Crippen LogP contribution is -2.14. The third kappa shape index (κ3) is 4.51. The van der Waals surface area contributed by atoms with E-state index in [1.807, 2.05) is 44.2 Å². The van der Waals surface area contributed by atoms with E-state index < -0.39 is 0 Å². The Hall–Kier alpha value is -1.44. The van der Waals surface area contributed by atoms with Gasteiger partial charge in [0.2, 0.25) is 0 Å². The summed E-state index contributed by atoms with van der Waals surface area (Å²) in [5.41, 5.74) is 1.08. The molecule has 0 fully saturated rings. The first-order valence-electron chi connectivity index (χ1n) is 6.07. The van der Waals surface area contributed by atoms with Crippen molar-refractivity contribution in [2.45, 2.75) is 39.5 Å². The normalized spacial score (nSPS) is 12.5. The van der Waals surface area contributed by atoms with Crippen LogP contribution in [0.3, 0.4) is 0 Å². The highest BCUT2D eigenvalue weighted by Gasteiger charge is 2.19. The molecule has 1 unspecified atom stereocenters. The summed E-state index contributed by atoms with van der Waals surface area (Å²) in [5.74, 6) is 0.423. The van der Waals surface area contributed by atoms with Crippen molar-refractivity contribution in [1.29, 1.82) is 0 Å². The third-order valence-corrected chi connectivity index (χ3v) is 2.90. The quantitative estimate of drug-likeness (QED) is 0.753. The smallest absolute Gasteiger partial charge is 0.136 e. The Morgan fingerprint density at radius 3 is 2.12 bits per heavy atom. The Morgan fingerprint density at radius 2 is 1.65 bits per heavy atom. The van der Waals surface area contributed by atoms with Gasteiger partial charge in [-0.3, -0.25) is 4.79 Å². The van der Waals surface area contributed by atoms with Crippen LogP contribution in [0.15, 0.2) is 30.3 Å². The molecule has 0 radical (unpaired) electrons. The van der Waals surface area contributed by atoms with Crippen molar-refractivity contribution in [1.82, 2.24) is 0 Å². The molecule has 0 N–H and O–H groups in total. The van der Waals surface area contributed by atoms with Crippen molar-refractivity contribution >= 4 is 11.6 Å². The fourth-order valence-electron chi connectivity index (χ4n) is 1.86. The van der Waals surface area contributed by atoms with E-state index in [9.17, 15) is 9.59 Å². The first-order valence-corrected chi connectivity index (χ1v) is 6.07. The van der Waals surface area contributed by atoms with Crippen LogP contribution in [0.2, 0.25) is 0 Å². The lowest BCUT2D eigenvalue weighted by Gasteiger charge is -2.16. The zero-order valence-electron chi connectivity index (χ0n) is 10.8. The highest BCUT2D eigenvalue weighted by atomic mass is 16.1. The van der Waals surface area contributed by atoms with Gasteiger partial charge in [-0.25, -0.2) is 0 Å². The van der Waals surface area contributed by atoms with Crippen molar-refractivity contribution in [2.75, 3.05) is 0 Å². The van der Waals surface area contributed by atoms with Gasteiger partial charge in [0.05, 0.1) is 0 Å². The lowest BCUT2D eigenvalue weighted by molar-refractivity contribution is -0.122. The number of carbonyl (C=O) groups is 2. The zero-order valence-corrected chi connectivity index (χ0v) is 10.8. The Bertz CT molecular complexity index is 379. The number of hydrogen-bond acceptors (Lipinski definition) is 2. The minimum atomic E-state index is 0.0311. The first-order chi connectivity index (χ1) is 8.00. The van der Waals surface area contributed by atoms with E-state index in [4.69, 9.17) is 0 Å². The molecule has 92 valence electrons. The molecular formula is C15H20O2. The molecule has 0 aliphatic heterocycles. The van der Waals surface area contributed by atoms with Gasteiger partial charge < -0.3 is 4.79 Å². The molecule has 0 heterocycles. The van der Waals surface area contributed by atoms with Gasteiger partial charge >= 0.3 is 0 Å². The van der Waals surface area contributed by atoms with Gasteiger partial charge in [-0.1, -0.05) is 44.2 Å². The van der Waals surface area contributed by atoms with Crippen molar-refractivity contribution in [3.8, 4) is 0 Å². The van der Waals surface area contributed by atoms with E-state index in [2.05, 4.69) is 0 Å². The minimum absolute atomic E-state index is 0.0311. The summed E-state index contributed by atoms with van der Waals surface area (Å²) in [6.45, 7) is 5.38. The fourth-order valence-corrected chi connectivity index (χ4v) is 1.86. The molecule has 2 heteroatoms. The van der Waals surface area contributed by atoms with Crippen LogP contribution in [0.25, 0.3) is 0 Å².